The van der Waals surface area contributed by atoms with Gasteiger partial charge in [0, 0.05) is 11.6 Å². The average Bonchev–Trinajstić information content (AvgIpc) is 2.88. The number of nitrogens with zero attached hydrogens (tertiary/aromatic N) is 4. The van der Waals surface area contributed by atoms with Crippen LogP contribution in [-0.2, 0) is 0 Å². The van der Waals surface area contributed by atoms with Crippen molar-refractivity contribution < 1.29 is 0 Å². The third kappa shape index (κ3) is 2.01. The Bertz CT molecular complexity index is 690. The first-order valence-corrected chi connectivity index (χ1v) is 6.57. The van der Waals surface area contributed by atoms with Gasteiger partial charge in [-0.2, -0.15) is 0 Å². The lowest BCUT2D eigenvalue weighted by atomic mass is 10.2. The smallest absolute Gasteiger partial charge is 0.0965 e. The van der Waals surface area contributed by atoms with E-state index >= 15 is 0 Å². The Hall–Kier alpha value is -1.75. The van der Waals surface area contributed by atoms with Gasteiger partial charge in [-0.15, -0.1) is 5.10 Å². The molecule has 1 atom stereocenters. The van der Waals surface area contributed by atoms with Crippen LogP contribution in [0, 0.1) is 0 Å². The van der Waals surface area contributed by atoms with E-state index in [1.165, 1.54) is 0 Å². The third-order valence-electron chi connectivity index (χ3n) is 2.77. The van der Waals surface area contributed by atoms with Crippen molar-refractivity contribution in [3.05, 3.63) is 48.4 Å². The van der Waals surface area contributed by atoms with Crippen LogP contribution in [0.5, 0.6) is 0 Å². The molecule has 90 valence electrons. The van der Waals surface area contributed by atoms with Crippen molar-refractivity contribution in [2.45, 2.75) is 11.8 Å². The molecule has 3 rings (SSSR count). The molecule has 4 nitrogen and oxygen atoms in total. The molecular formula is C13H11BrN4. The molecule has 1 aromatic carbocycles. The molecule has 0 aliphatic carbocycles. The predicted octanol–water partition coefficient (Wildman–Crippen LogP) is 3.27. The average molecular weight is 303 g/mol. The molecule has 1 unspecified atom stereocenters. The number of fused-ring (bicyclic) bond motifs is 1. The van der Waals surface area contributed by atoms with Gasteiger partial charge in [-0.05, 0) is 31.2 Å². The molecule has 0 spiro atoms. The van der Waals surface area contributed by atoms with Gasteiger partial charge >= 0.3 is 0 Å². The number of aromatic nitrogens is 4. The Morgan fingerprint density at radius 3 is 2.94 bits per heavy atom. The fourth-order valence-corrected chi connectivity index (χ4v) is 2.00. The molecule has 0 aliphatic heterocycles. The van der Waals surface area contributed by atoms with Crippen molar-refractivity contribution >= 4 is 26.8 Å². The monoisotopic (exact) mass is 302 g/mol. The molecule has 2 heterocycles. The van der Waals surface area contributed by atoms with Gasteiger partial charge in [-0.3, -0.25) is 4.98 Å². The van der Waals surface area contributed by atoms with E-state index < -0.39 is 0 Å². The molecule has 5 heteroatoms. The van der Waals surface area contributed by atoms with Gasteiger partial charge in [0.2, 0.25) is 0 Å². The zero-order valence-electron chi connectivity index (χ0n) is 9.79. The first kappa shape index (κ1) is 11.3. The van der Waals surface area contributed by atoms with E-state index in [0.29, 0.717) is 0 Å². The zero-order valence-corrected chi connectivity index (χ0v) is 11.4. The standard InChI is InChI=1S/C13H11BrN4/c1-9(14)13-8-18(17-16-13)11-4-5-12-10(7-11)3-2-6-15-12/h2-9H,1H3. The predicted molar refractivity (Wildman–Crippen MR) is 74.0 cm³/mol. The summed E-state index contributed by atoms with van der Waals surface area (Å²) in [6.45, 7) is 2.03. The number of hydrogen-bond donors (Lipinski definition) is 0. The van der Waals surface area contributed by atoms with E-state index in [0.717, 1.165) is 22.3 Å². The van der Waals surface area contributed by atoms with E-state index in [1.807, 2.05) is 37.4 Å². The van der Waals surface area contributed by atoms with Crippen molar-refractivity contribution in [1.82, 2.24) is 20.0 Å². The Morgan fingerprint density at radius 2 is 2.17 bits per heavy atom. The van der Waals surface area contributed by atoms with Crippen molar-refractivity contribution in [1.29, 1.82) is 0 Å². The molecule has 0 N–H and O–H groups in total. The van der Waals surface area contributed by atoms with E-state index in [9.17, 15) is 0 Å². The highest BCUT2D eigenvalue weighted by Crippen LogP contribution is 2.21. The normalized spacial score (nSPS) is 12.8. The lowest BCUT2D eigenvalue weighted by Gasteiger charge is -2.02. The summed E-state index contributed by atoms with van der Waals surface area (Å²) in [6, 6.07) is 10.0. The van der Waals surface area contributed by atoms with Crippen LogP contribution in [0.25, 0.3) is 16.6 Å². The summed E-state index contributed by atoms with van der Waals surface area (Å²) in [4.78, 5) is 4.50. The summed E-state index contributed by atoms with van der Waals surface area (Å²) in [5.74, 6) is 0. The first-order valence-electron chi connectivity index (χ1n) is 5.65. The van der Waals surface area contributed by atoms with Gasteiger partial charge in [-0.1, -0.05) is 27.2 Å². The van der Waals surface area contributed by atoms with Gasteiger partial charge in [-0.25, -0.2) is 4.68 Å². The summed E-state index contributed by atoms with van der Waals surface area (Å²) in [6.07, 6.45) is 3.72. The molecule has 3 aromatic rings. The maximum atomic E-state index is 4.30. The van der Waals surface area contributed by atoms with E-state index in [1.54, 1.807) is 10.9 Å². The van der Waals surface area contributed by atoms with Crippen LogP contribution < -0.4 is 0 Å². The summed E-state index contributed by atoms with van der Waals surface area (Å²) >= 11 is 3.48. The van der Waals surface area contributed by atoms with Gasteiger partial charge in [0.15, 0.2) is 0 Å². The zero-order chi connectivity index (χ0) is 12.5. The van der Waals surface area contributed by atoms with Crippen LogP contribution >= 0.6 is 15.9 Å². The van der Waals surface area contributed by atoms with Gasteiger partial charge < -0.3 is 0 Å². The fourth-order valence-electron chi connectivity index (χ4n) is 1.79. The Kier molecular flexibility index (Phi) is 2.83. The fraction of sp³-hybridized carbons (Fsp3) is 0.154. The lowest BCUT2D eigenvalue weighted by Crippen LogP contribution is -1.94. The Balaban J connectivity index is 2.07. The minimum absolute atomic E-state index is 0.202. The summed E-state index contributed by atoms with van der Waals surface area (Å²) in [5, 5.41) is 9.35. The molecule has 0 saturated carbocycles. The molecule has 0 bridgehead atoms. The second kappa shape index (κ2) is 4.49. The summed E-state index contributed by atoms with van der Waals surface area (Å²) < 4.78 is 1.78. The van der Waals surface area contributed by atoms with Crippen molar-refractivity contribution in [3.8, 4) is 5.69 Å². The van der Waals surface area contributed by atoms with Crippen LogP contribution in [-0.4, -0.2) is 20.0 Å². The maximum absolute atomic E-state index is 4.30. The van der Waals surface area contributed by atoms with E-state index in [4.69, 9.17) is 0 Å². The van der Waals surface area contributed by atoms with Crippen LogP contribution in [0.1, 0.15) is 17.4 Å². The molecule has 2 aromatic heterocycles. The number of alkyl halides is 1. The second-order valence-electron chi connectivity index (χ2n) is 4.08. The van der Waals surface area contributed by atoms with Crippen LogP contribution in [0.4, 0.5) is 0 Å². The Labute approximate surface area is 113 Å². The summed E-state index contributed by atoms with van der Waals surface area (Å²) in [7, 11) is 0. The minimum atomic E-state index is 0.202. The first-order chi connectivity index (χ1) is 8.74. The largest absolute Gasteiger partial charge is 0.256 e. The minimum Gasteiger partial charge on any atom is -0.256 e. The highest BCUT2D eigenvalue weighted by molar-refractivity contribution is 9.09. The maximum Gasteiger partial charge on any atom is 0.0965 e. The third-order valence-corrected chi connectivity index (χ3v) is 3.24. The van der Waals surface area contributed by atoms with E-state index in [2.05, 4.69) is 37.3 Å². The van der Waals surface area contributed by atoms with Crippen molar-refractivity contribution in [3.63, 3.8) is 0 Å². The SMILES string of the molecule is CC(Br)c1cn(-c2ccc3ncccc3c2)nn1. The number of rotatable bonds is 2. The van der Waals surface area contributed by atoms with E-state index in [-0.39, 0.29) is 4.83 Å². The molecule has 0 aliphatic rings. The summed E-state index contributed by atoms with van der Waals surface area (Å²) in [5.41, 5.74) is 2.89. The molecule has 0 saturated heterocycles. The topological polar surface area (TPSA) is 43.6 Å². The number of hydrogen-bond acceptors (Lipinski definition) is 3. The molecule has 0 radical (unpaired) electrons. The van der Waals surface area contributed by atoms with Gasteiger partial charge in [0.1, 0.15) is 0 Å². The number of halogens is 1. The van der Waals surface area contributed by atoms with Crippen molar-refractivity contribution in [2.24, 2.45) is 0 Å². The number of benzene rings is 1. The van der Waals surface area contributed by atoms with Gasteiger partial charge in [0.25, 0.3) is 0 Å². The Morgan fingerprint density at radius 1 is 1.28 bits per heavy atom. The second-order valence-corrected chi connectivity index (χ2v) is 5.46. The van der Waals surface area contributed by atoms with Gasteiger partial charge in [0.05, 0.1) is 27.9 Å². The lowest BCUT2D eigenvalue weighted by molar-refractivity contribution is 0.798. The molecule has 18 heavy (non-hydrogen) atoms. The van der Waals surface area contributed by atoms with Crippen LogP contribution in [0.3, 0.4) is 0 Å². The highest BCUT2D eigenvalue weighted by atomic mass is 79.9. The molecule has 0 fully saturated rings. The van der Waals surface area contributed by atoms with Crippen LogP contribution in [0.2, 0.25) is 0 Å². The highest BCUT2D eigenvalue weighted by Gasteiger charge is 2.07. The van der Waals surface area contributed by atoms with Crippen molar-refractivity contribution in [2.75, 3.05) is 0 Å². The molecular weight excluding hydrogens is 292 g/mol. The molecule has 0 amide bonds. The van der Waals surface area contributed by atoms with Crippen LogP contribution in [0.15, 0.2) is 42.7 Å². The number of pyridine rings is 1. The quantitative estimate of drug-likeness (QED) is 0.682.